The van der Waals surface area contributed by atoms with Crippen LogP contribution in [0.5, 0.6) is 11.5 Å². The molecule has 27 heavy (non-hydrogen) atoms. The number of fused-ring (bicyclic) bond motifs is 1. The third-order valence-corrected chi connectivity index (χ3v) is 4.52. The summed E-state index contributed by atoms with van der Waals surface area (Å²) in [5.41, 5.74) is 5.20. The van der Waals surface area contributed by atoms with Gasteiger partial charge in [-0.1, -0.05) is 12.1 Å². The molecule has 3 aromatic rings. The molecule has 0 spiro atoms. The third kappa shape index (κ3) is 3.79. The molecular formula is C21H22N4O2. The smallest absolute Gasteiger partial charge is 0.229 e. The zero-order valence-corrected chi connectivity index (χ0v) is 15.7. The normalized spacial score (nSPS) is 12.6. The van der Waals surface area contributed by atoms with E-state index in [0.717, 1.165) is 34.4 Å². The van der Waals surface area contributed by atoms with Gasteiger partial charge >= 0.3 is 0 Å². The summed E-state index contributed by atoms with van der Waals surface area (Å²) in [6.45, 7) is 7.28. The van der Waals surface area contributed by atoms with Crippen LogP contribution in [0, 0.1) is 20.8 Å². The Kier molecular flexibility index (Phi) is 4.54. The Bertz CT molecular complexity index is 988. The second kappa shape index (κ2) is 7.15. The molecule has 0 unspecified atom stereocenters. The van der Waals surface area contributed by atoms with E-state index >= 15 is 0 Å². The highest BCUT2D eigenvalue weighted by molar-refractivity contribution is 5.65. The van der Waals surface area contributed by atoms with Crippen molar-refractivity contribution in [1.82, 2.24) is 9.97 Å². The third-order valence-electron chi connectivity index (χ3n) is 4.52. The monoisotopic (exact) mass is 362 g/mol. The molecule has 0 amide bonds. The standard InChI is InChI=1S/C21H22N4O2/c1-13-5-4-6-17(15(13)3)24-20-11-14(2)22-21(25-20)23-16-7-8-18-19(12-16)27-10-9-26-18/h4-8,11-12H,9-10H2,1-3H3,(H2,22,23,24,25). The zero-order valence-electron chi connectivity index (χ0n) is 15.7. The minimum Gasteiger partial charge on any atom is -0.486 e. The molecule has 138 valence electrons. The van der Waals surface area contributed by atoms with E-state index < -0.39 is 0 Å². The van der Waals surface area contributed by atoms with Crippen molar-refractivity contribution in [2.75, 3.05) is 23.8 Å². The van der Waals surface area contributed by atoms with Gasteiger partial charge in [0.1, 0.15) is 19.0 Å². The average Bonchev–Trinajstić information content (AvgIpc) is 2.65. The summed E-state index contributed by atoms with van der Waals surface area (Å²) < 4.78 is 11.2. The summed E-state index contributed by atoms with van der Waals surface area (Å²) in [4.78, 5) is 9.09. The van der Waals surface area contributed by atoms with Crippen LogP contribution in [0.1, 0.15) is 16.8 Å². The Balaban J connectivity index is 1.58. The predicted molar refractivity (Wildman–Crippen MR) is 107 cm³/mol. The molecule has 1 aliphatic rings. The van der Waals surface area contributed by atoms with Crippen LogP contribution >= 0.6 is 0 Å². The van der Waals surface area contributed by atoms with Gasteiger partial charge in [-0.25, -0.2) is 4.98 Å². The van der Waals surface area contributed by atoms with Crippen LogP contribution in [-0.2, 0) is 0 Å². The minimum absolute atomic E-state index is 0.527. The summed E-state index contributed by atoms with van der Waals surface area (Å²) in [5, 5.41) is 6.64. The largest absolute Gasteiger partial charge is 0.486 e. The van der Waals surface area contributed by atoms with Crippen molar-refractivity contribution in [2.24, 2.45) is 0 Å². The molecule has 0 fully saturated rings. The highest BCUT2D eigenvalue weighted by atomic mass is 16.6. The van der Waals surface area contributed by atoms with Gasteiger partial charge < -0.3 is 20.1 Å². The number of aryl methyl sites for hydroxylation is 2. The zero-order chi connectivity index (χ0) is 18.8. The van der Waals surface area contributed by atoms with Gasteiger partial charge in [-0.3, -0.25) is 0 Å². The molecule has 0 saturated carbocycles. The molecule has 0 radical (unpaired) electrons. The lowest BCUT2D eigenvalue weighted by Gasteiger charge is -2.19. The Morgan fingerprint density at radius 3 is 2.52 bits per heavy atom. The number of hydrogen-bond donors (Lipinski definition) is 2. The Labute approximate surface area is 158 Å². The summed E-state index contributed by atoms with van der Waals surface area (Å²) in [6.07, 6.45) is 0. The minimum atomic E-state index is 0.527. The number of anilines is 4. The summed E-state index contributed by atoms with van der Waals surface area (Å²) in [7, 11) is 0. The first-order valence-corrected chi connectivity index (χ1v) is 8.94. The lowest BCUT2D eigenvalue weighted by molar-refractivity contribution is 0.171. The van der Waals surface area contributed by atoms with Gasteiger partial charge in [-0.15, -0.1) is 0 Å². The van der Waals surface area contributed by atoms with Crippen molar-refractivity contribution in [1.29, 1.82) is 0 Å². The van der Waals surface area contributed by atoms with Crippen molar-refractivity contribution < 1.29 is 9.47 Å². The SMILES string of the molecule is Cc1cc(Nc2cccc(C)c2C)nc(Nc2ccc3c(c2)OCCO3)n1. The molecule has 1 aliphatic heterocycles. The molecule has 2 N–H and O–H groups in total. The second-order valence-corrected chi connectivity index (χ2v) is 6.57. The average molecular weight is 362 g/mol. The second-order valence-electron chi connectivity index (χ2n) is 6.57. The Morgan fingerprint density at radius 1 is 0.852 bits per heavy atom. The molecule has 0 aliphatic carbocycles. The number of nitrogens with one attached hydrogen (secondary N) is 2. The first-order chi connectivity index (χ1) is 13.1. The van der Waals surface area contributed by atoms with Crippen molar-refractivity contribution >= 4 is 23.1 Å². The maximum absolute atomic E-state index is 5.63. The van der Waals surface area contributed by atoms with Crippen molar-refractivity contribution in [3.05, 3.63) is 59.3 Å². The molecule has 6 nitrogen and oxygen atoms in total. The quantitative estimate of drug-likeness (QED) is 0.703. The topological polar surface area (TPSA) is 68.3 Å². The van der Waals surface area contributed by atoms with Crippen LogP contribution in [0.2, 0.25) is 0 Å². The molecule has 2 aromatic carbocycles. The lowest BCUT2D eigenvalue weighted by Crippen LogP contribution is -2.15. The van der Waals surface area contributed by atoms with Gasteiger partial charge in [-0.05, 0) is 50.1 Å². The van der Waals surface area contributed by atoms with E-state index in [0.29, 0.717) is 19.2 Å². The van der Waals surface area contributed by atoms with Crippen LogP contribution in [0.3, 0.4) is 0 Å². The maximum Gasteiger partial charge on any atom is 0.229 e. The van der Waals surface area contributed by atoms with Crippen molar-refractivity contribution in [3.63, 3.8) is 0 Å². The van der Waals surface area contributed by atoms with E-state index in [9.17, 15) is 0 Å². The van der Waals surface area contributed by atoms with E-state index in [1.807, 2.05) is 43.3 Å². The highest BCUT2D eigenvalue weighted by Crippen LogP contribution is 2.33. The molecule has 2 heterocycles. The van der Waals surface area contributed by atoms with Crippen LogP contribution in [0.25, 0.3) is 0 Å². The summed E-state index contributed by atoms with van der Waals surface area (Å²) in [5.74, 6) is 2.76. The molecule has 6 heteroatoms. The highest BCUT2D eigenvalue weighted by Gasteiger charge is 2.12. The van der Waals surface area contributed by atoms with Gasteiger partial charge in [0.2, 0.25) is 5.95 Å². The van der Waals surface area contributed by atoms with Gasteiger partial charge in [0.05, 0.1) is 0 Å². The van der Waals surface area contributed by atoms with Gasteiger partial charge in [0.25, 0.3) is 0 Å². The van der Waals surface area contributed by atoms with Crippen LogP contribution in [0.15, 0.2) is 42.5 Å². The molecule has 4 rings (SSSR count). The van der Waals surface area contributed by atoms with Crippen LogP contribution in [-0.4, -0.2) is 23.2 Å². The molecule has 0 bridgehead atoms. The van der Waals surface area contributed by atoms with Crippen LogP contribution in [0.4, 0.5) is 23.1 Å². The molecule has 0 atom stereocenters. The van der Waals surface area contributed by atoms with E-state index in [4.69, 9.17) is 9.47 Å². The number of aromatic nitrogens is 2. The Hall–Kier alpha value is -3.28. The fourth-order valence-electron chi connectivity index (χ4n) is 2.96. The van der Waals surface area contributed by atoms with E-state index in [1.54, 1.807) is 0 Å². The first-order valence-electron chi connectivity index (χ1n) is 8.94. The summed E-state index contributed by atoms with van der Waals surface area (Å²) in [6, 6.07) is 13.8. The van der Waals surface area contributed by atoms with Crippen LogP contribution < -0.4 is 20.1 Å². The number of nitrogens with zero attached hydrogens (tertiary/aromatic N) is 2. The number of benzene rings is 2. The molecule has 1 aromatic heterocycles. The van der Waals surface area contributed by atoms with Gasteiger partial charge in [-0.2, -0.15) is 4.98 Å². The summed E-state index contributed by atoms with van der Waals surface area (Å²) >= 11 is 0. The fraction of sp³-hybridized carbons (Fsp3) is 0.238. The fourth-order valence-corrected chi connectivity index (χ4v) is 2.96. The van der Waals surface area contributed by atoms with Crippen molar-refractivity contribution in [3.8, 4) is 11.5 Å². The number of ether oxygens (including phenoxy) is 2. The van der Waals surface area contributed by atoms with E-state index in [2.05, 4.69) is 40.5 Å². The van der Waals surface area contributed by atoms with Gasteiger partial charge in [0, 0.05) is 29.2 Å². The van der Waals surface area contributed by atoms with Gasteiger partial charge in [0.15, 0.2) is 11.5 Å². The Morgan fingerprint density at radius 2 is 1.67 bits per heavy atom. The number of hydrogen-bond acceptors (Lipinski definition) is 6. The number of rotatable bonds is 4. The molecular weight excluding hydrogens is 340 g/mol. The maximum atomic E-state index is 5.63. The van der Waals surface area contributed by atoms with E-state index in [1.165, 1.54) is 11.1 Å². The molecule has 0 saturated heterocycles. The van der Waals surface area contributed by atoms with E-state index in [-0.39, 0.29) is 0 Å². The first kappa shape index (κ1) is 17.1. The lowest BCUT2D eigenvalue weighted by atomic mass is 10.1. The predicted octanol–water partition coefficient (Wildman–Crippen LogP) is 4.66. The van der Waals surface area contributed by atoms with Crippen molar-refractivity contribution in [2.45, 2.75) is 20.8 Å².